The lowest BCUT2D eigenvalue weighted by atomic mass is 9.64. The van der Waals surface area contributed by atoms with Gasteiger partial charge in [-0.15, -0.1) is 10.9 Å². The third-order valence-electron chi connectivity index (χ3n) is 11.1. The Morgan fingerprint density at radius 1 is 0.364 bits per heavy atom. The second-order valence-electron chi connectivity index (χ2n) is 14.0. The largest absolute Gasteiger partial charge is 0.310 e. The van der Waals surface area contributed by atoms with E-state index in [1.54, 1.807) is 0 Å². The van der Waals surface area contributed by atoms with Gasteiger partial charge >= 0.3 is 0 Å². The molecule has 2 heterocycles. The van der Waals surface area contributed by atoms with Crippen molar-refractivity contribution in [1.82, 2.24) is 9.13 Å². The van der Waals surface area contributed by atoms with Crippen LogP contribution in [0.4, 0.5) is 0 Å². The molecule has 0 spiro atoms. The zero-order valence-corrected chi connectivity index (χ0v) is 29.7. The van der Waals surface area contributed by atoms with Gasteiger partial charge in [-0.2, -0.15) is 0 Å². The average molecular weight is 679 g/mol. The molecule has 0 saturated heterocycles. The summed E-state index contributed by atoms with van der Waals surface area (Å²) in [5, 5.41) is 5.27. The number of nitrogens with zero attached hydrogens (tertiary/aromatic N) is 2. The minimum atomic E-state index is 0.183. The number of hydrogen-bond acceptors (Lipinski definition) is 0. The van der Waals surface area contributed by atoms with Crippen molar-refractivity contribution in [3.8, 4) is 33.6 Å². The highest BCUT2D eigenvalue weighted by molar-refractivity contribution is 6.69. The van der Waals surface area contributed by atoms with Gasteiger partial charge < -0.3 is 9.13 Å². The maximum atomic E-state index is 7.33. The van der Waals surface area contributed by atoms with Gasteiger partial charge in [0, 0.05) is 43.8 Å². The monoisotopic (exact) mass is 680 g/mol. The summed E-state index contributed by atoms with van der Waals surface area (Å²) in [5.74, 6) is 0. The molecule has 0 unspecified atom stereocenters. The first-order valence-electron chi connectivity index (χ1n) is 18.0. The van der Waals surface area contributed by atoms with Crippen LogP contribution in [-0.4, -0.2) is 64.1 Å². The summed E-state index contributed by atoms with van der Waals surface area (Å²) in [6.07, 6.45) is 0. The van der Waals surface area contributed by atoms with E-state index in [1.165, 1.54) is 0 Å². The molecule has 0 atom stereocenters. The van der Waals surface area contributed by atoms with E-state index in [-0.39, 0.29) is 21.9 Å². The molecule has 2 nitrogen and oxygen atoms in total. The summed E-state index contributed by atoms with van der Waals surface area (Å²) in [5.41, 5.74) is 10.7. The third-order valence-corrected chi connectivity index (χ3v) is 11.1. The molecule has 0 aliphatic carbocycles. The summed E-state index contributed by atoms with van der Waals surface area (Å²) in [6, 6.07) is 47.7. The topological polar surface area (TPSA) is 9.86 Å². The molecule has 0 aliphatic heterocycles. The van der Waals surface area contributed by atoms with Crippen molar-refractivity contribution in [1.29, 1.82) is 0 Å². The van der Waals surface area contributed by atoms with Gasteiger partial charge in [-0.3, -0.25) is 0 Å². The molecule has 238 valence electrons. The summed E-state index contributed by atoms with van der Waals surface area (Å²) in [6.45, 7) is 0. The average Bonchev–Trinajstić information content (AvgIpc) is 3.76. The van der Waals surface area contributed by atoms with Crippen molar-refractivity contribution in [3.63, 3.8) is 0 Å². The second-order valence-corrected chi connectivity index (χ2v) is 14.0. The van der Waals surface area contributed by atoms with Crippen molar-refractivity contribution < 1.29 is 0 Å². The van der Waals surface area contributed by atoms with E-state index in [0.717, 1.165) is 60.6 Å². The van der Waals surface area contributed by atoms with Gasteiger partial charge in [-0.05, 0) is 57.8 Å². The van der Waals surface area contributed by atoms with Crippen molar-refractivity contribution >= 4 is 148 Å². The van der Waals surface area contributed by atoms with Crippen LogP contribution >= 0.6 is 0 Å². The Morgan fingerprint density at radius 3 is 1.73 bits per heavy atom. The van der Waals surface area contributed by atoms with Crippen molar-refractivity contribution in [2.75, 3.05) is 0 Å². The number of fused-ring (bicyclic) bond motifs is 7. The number of aromatic nitrogens is 2. The van der Waals surface area contributed by atoms with E-state index >= 15 is 0 Å². The molecule has 0 bridgehead atoms. The number of hydrogen-bond donors (Lipinski definition) is 0. The minimum Gasteiger partial charge on any atom is -0.310 e. The number of para-hydroxylation sites is 2. The summed E-state index contributed by atoms with van der Waals surface area (Å²) < 4.78 is 4.29. The van der Waals surface area contributed by atoms with E-state index in [4.69, 9.17) is 54.9 Å². The molecule has 55 heavy (non-hydrogen) atoms. The lowest BCUT2D eigenvalue weighted by Gasteiger charge is -2.20. The van der Waals surface area contributed by atoms with Crippen LogP contribution in [0.1, 0.15) is 0 Å². The van der Waals surface area contributed by atoms with E-state index < -0.39 is 0 Å². The van der Waals surface area contributed by atoms with Gasteiger partial charge in [-0.25, -0.2) is 0 Å². The Labute approximate surface area is 328 Å². The Balaban J connectivity index is 1.32. The smallest absolute Gasteiger partial charge is 0.115 e. The number of benzene rings is 8. The molecule has 0 saturated carbocycles. The summed E-state index contributed by atoms with van der Waals surface area (Å²) in [7, 11) is 48.4. The molecule has 0 fully saturated rings. The molecule has 8 aromatic carbocycles. The molecular formula is C46H23B7N2. The first-order chi connectivity index (χ1) is 26.8. The van der Waals surface area contributed by atoms with E-state index in [2.05, 4.69) is 95.6 Å². The van der Waals surface area contributed by atoms with Crippen LogP contribution in [0.25, 0.3) is 88.0 Å². The van der Waals surface area contributed by atoms with Gasteiger partial charge in [0.15, 0.2) is 0 Å². The fraction of sp³-hybridized carbons (Fsp3) is 0. The van der Waals surface area contributed by atoms with E-state index in [1.807, 2.05) is 53.1 Å². The minimum absolute atomic E-state index is 0.183. The van der Waals surface area contributed by atoms with Crippen LogP contribution in [-0.2, 0) is 0 Å². The predicted molar refractivity (Wildman–Crippen MR) is 241 cm³/mol. The van der Waals surface area contributed by atoms with Crippen molar-refractivity contribution in [2.24, 2.45) is 0 Å². The van der Waals surface area contributed by atoms with Crippen LogP contribution in [0.5, 0.6) is 0 Å². The zero-order chi connectivity index (χ0) is 37.7. The van der Waals surface area contributed by atoms with Crippen LogP contribution in [0.2, 0.25) is 0 Å². The van der Waals surface area contributed by atoms with Gasteiger partial charge in [-0.1, -0.05) is 137 Å². The van der Waals surface area contributed by atoms with Crippen molar-refractivity contribution in [3.05, 3.63) is 140 Å². The highest BCUT2D eigenvalue weighted by atomic mass is 15.0. The molecule has 14 radical (unpaired) electrons. The molecule has 9 heteroatoms. The summed E-state index contributed by atoms with van der Waals surface area (Å²) in [4.78, 5) is 0. The highest BCUT2D eigenvalue weighted by Gasteiger charge is 2.25. The van der Waals surface area contributed by atoms with E-state index in [9.17, 15) is 0 Å². The Morgan fingerprint density at radius 2 is 0.964 bits per heavy atom. The maximum Gasteiger partial charge on any atom is 0.115 e. The fourth-order valence-corrected chi connectivity index (χ4v) is 8.57. The Hall–Kier alpha value is -5.93. The third kappa shape index (κ3) is 4.78. The second kappa shape index (κ2) is 12.6. The Bertz CT molecular complexity index is 3220. The summed E-state index contributed by atoms with van der Waals surface area (Å²) >= 11 is 0. The van der Waals surface area contributed by atoms with Crippen molar-refractivity contribution in [2.45, 2.75) is 0 Å². The van der Waals surface area contributed by atoms with Gasteiger partial charge in [0.25, 0.3) is 0 Å². The first-order valence-corrected chi connectivity index (χ1v) is 18.0. The van der Waals surface area contributed by atoms with Gasteiger partial charge in [0.1, 0.15) is 54.9 Å². The molecule has 0 N–H and O–H groups in total. The maximum absolute atomic E-state index is 7.33. The Kier molecular flexibility index (Phi) is 7.68. The molecule has 0 aliphatic rings. The van der Waals surface area contributed by atoms with Crippen LogP contribution in [0.3, 0.4) is 0 Å². The van der Waals surface area contributed by atoms with Gasteiger partial charge in [0.2, 0.25) is 0 Å². The molecular weight excluding hydrogens is 656 g/mol. The SMILES string of the molecule is [B]c1c([B])c([B])c2c(c1[B])c1c([B])c(-c3ccc4c(c3)c3cccc(-c5ccccc5)c3n4-c3ccccc3)c([B])c([B])c1n2-c1cccc2ccccc12. The number of rotatable bonds is 4. The normalized spacial score (nSPS) is 11.8. The fourth-order valence-electron chi connectivity index (χ4n) is 8.57. The molecule has 0 amide bonds. The van der Waals surface area contributed by atoms with Crippen LogP contribution in [0.15, 0.2) is 140 Å². The lowest BCUT2D eigenvalue weighted by Crippen LogP contribution is -2.48. The van der Waals surface area contributed by atoms with Crippen LogP contribution < -0.4 is 38.2 Å². The molecule has 2 aromatic heterocycles. The standard InChI is InChI=1S/C46H23B7N2/c47-37-34(26-21-22-33-31(23-26)30-19-10-18-29(25-11-3-1-4-12-25)44(30)54(33)27-15-5-2-6-16-27)38(48)42(52)45-35(37)36-39(49)40(50)41(51)43(53)46(36)55(45)32-20-9-14-24-13-7-8-17-28(24)32/h1-23H. The zero-order valence-electron chi connectivity index (χ0n) is 29.7. The lowest BCUT2D eigenvalue weighted by molar-refractivity contribution is 1.18. The molecule has 10 aromatic rings. The highest BCUT2D eigenvalue weighted by Crippen LogP contribution is 2.40. The quantitative estimate of drug-likeness (QED) is 0.250. The predicted octanol–water partition coefficient (Wildman–Crippen LogP) is 3.92. The van der Waals surface area contributed by atoms with Gasteiger partial charge in [0.05, 0.1) is 16.7 Å². The molecule has 10 rings (SSSR count). The van der Waals surface area contributed by atoms with Crippen LogP contribution in [0, 0.1) is 0 Å². The van der Waals surface area contributed by atoms with E-state index in [0.29, 0.717) is 43.8 Å². The first kappa shape index (κ1) is 33.6.